The summed E-state index contributed by atoms with van der Waals surface area (Å²) >= 11 is 0. The Balaban J connectivity index is 1.84. The lowest BCUT2D eigenvalue weighted by atomic mass is 9.94. The zero-order chi connectivity index (χ0) is 16.9. The first kappa shape index (κ1) is 16.3. The molecule has 7 heteroatoms. The second kappa shape index (κ2) is 7.35. The Morgan fingerprint density at radius 3 is 2.92 bits per heavy atom. The van der Waals surface area contributed by atoms with Crippen molar-refractivity contribution in [2.75, 3.05) is 19.6 Å². The van der Waals surface area contributed by atoms with E-state index in [0.717, 1.165) is 12.8 Å². The number of hydrogen-bond donors (Lipinski definition) is 1. The quantitative estimate of drug-likeness (QED) is 0.928. The van der Waals surface area contributed by atoms with Gasteiger partial charge in [-0.3, -0.25) is 9.78 Å². The molecule has 3 rings (SSSR count). The number of benzene rings is 1. The van der Waals surface area contributed by atoms with Crippen molar-refractivity contribution in [1.29, 1.82) is 0 Å². The fraction of sp³-hybridized carbons (Fsp3) is 0.353. The van der Waals surface area contributed by atoms with Crippen molar-refractivity contribution in [3.63, 3.8) is 0 Å². The first-order valence-corrected chi connectivity index (χ1v) is 7.90. The second-order valence-corrected chi connectivity index (χ2v) is 5.66. The number of ether oxygens (including phenoxy) is 1. The fourth-order valence-corrected chi connectivity index (χ4v) is 2.88. The summed E-state index contributed by atoms with van der Waals surface area (Å²) in [7, 11) is 0. The lowest BCUT2D eigenvalue weighted by molar-refractivity contribution is -0.130. The summed E-state index contributed by atoms with van der Waals surface area (Å²) in [6.45, 7) is 1.20. The SMILES string of the molecule is NCC(=O)N1CCCC(c2nccnc2Oc2ccccc2F)C1. The standard InChI is InChI=1S/C17H19FN4O2/c18-13-5-1-2-6-14(13)24-17-16(20-7-8-21-17)12-4-3-9-22(11-12)15(23)10-19/h1-2,5-8,12H,3-4,9-11,19H2. The summed E-state index contributed by atoms with van der Waals surface area (Å²) < 4.78 is 19.5. The van der Waals surface area contributed by atoms with Crippen molar-refractivity contribution < 1.29 is 13.9 Å². The monoisotopic (exact) mass is 330 g/mol. The number of piperidine rings is 1. The van der Waals surface area contributed by atoms with E-state index in [9.17, 15) is 9.18 Å². The average Bonchev–Trinajstić information content (AvgIpc) is 2.63. The highest BCUT2D eigenvalue weighted by atomic mass is 19.1. The zero-order valence-electron chi connectivity index (χ0n) is 13.2. The van der Waals surface area contributed by atoms with Crippen LogP contribution in [0.3, 0.4) is 0 Å². The van der Waals surface area contributed by atoms with Gasteiger partial charge in [0, 0.05) is 31.4 Å². The van der Waals surface area contributed by atoms with Gasteiger partial charge in [0.1, 0.15) is 5.69 Å². The third-order valence-corrected chi connectivity index (χ3v) is 4.07. The molecule has 1 saturated heterocycles. The van der Waals surface area contributed by atoms with Crippen LogP contribution >= 0.6 is 0 Å². The minimum Gasteiger partial charge on any atom is -0.434 e. The lowest BCUT2D eigenvalue weighted by Crippen LogP contribution is -2.42. The van der Waals surface area contributed by atoms with E-state index in [2.05, 4.69) is 9.97 Å². The molecule has 24 heavy (non-hydrogen) atoms. The normalized spacial score (nSPS) is 17.6. The molecule has 1 aromatic carbocycles. The number of nitrogens with two attached hydrogens (primary N) is 1. The van der Waals surface area contributed by atoms with Gasteiger partial charge < -0.3 is 15.4 Å². The van der Waals surface area contributed by atoms with Gasteiger partial charge >= 0.3 is 0 Å². The molecule has 1 aliphatic heterocycles. The van der Waals surface area contributed by atoms with E-state index in [1.54, 1.807) is 29.3 Å². The summed E-state index contributed by atoms with van der Waals surface area (Å²) in [5, 5.41) is 0. The van der Waals surface area contributed by atoms with Crippen molar-refractivity contribution in [2.24, 2.45) is 5.73 Å². The van der Waals surface area contributed by atoms with Crippen LogP contribution in [0.4, 0.5) is 4.39 Å². The van der Waals surface area contributed by atoms with E-state index in [0.29, 0.717) is 18.8 Å². The number of halogens is 1. The molecular weight excluding hydrogens is 311 g/mol. The number of hydrogen-bond acceptors (Lipinski definition) is 5. The lowest BCUT2D eigenvalue weighted by Gasteiger charge is -2.32. The molecule has 0 aliphatic carbocycles. The largest absolute Gasteiger partial charge is 0.434 e. The maximum absolute atomic E-state index is 13.8. The number of rotatable bonds is 4. The molecule has 0 radical (unpaired) electrons. The third-order valence-electron chi connectivity index (χ3n) is 4.07. The fourth-order valence-electron chi connectivity index (χ4n) is 2.88. The molecule has 2 N–H and O–H groups in total. The molecule has 1 amide bonds. The van der Waals surface area contributed by atoms with Crippen LogP contribution in [0.25, 0.3) is 0 Å². The minimum absolute atomic E-state index is 0.00816. The van der Waals surface area contributed by atoms with Gasteiger partial charge in [-0.25, -0.2) is 9.37 Å². The summed E-state index contributed by atoms with van der Waals surface area (Å²) in [6, 6.07) is 6.15. The van der Waals surface area contributed by atoms with E-state index < -0.39 is 5.82 Å². The molecule has 0 spiro atoms. The van der Waals surface area contributed by atoms with Crippen molar-refractivity contribution in [2.45, 2.75) is 18.8 Å². The van der Waals surface area contributed by atoms with E-state index >= 15 is 0 Å². The van der Waals surface area contributed by atoms with Crippen LogP contribution in [0.15, 0.2) is 36.7 Å². The van der Waals surface area contributed by atoms with Gasteiger partial charge in [0.05, 0.1) is 6.54 Å². The Labute approximate surface area is 139 Å². The molecule has 1 atom stereocenters. The summed E-state index contributed by atoms with van der Waals surface area (Å²) in [5.74, 6) is -0.179. The predicted molar refractivity (Wildman–Crippen MR) is 86.1 cm³/mol. The molecule has 2 heterocycles. The highest BCUT2D eigenvalue weighted by Crippen LogP contribution is 2.33. The minimum atomic E-state index is -0.460. The Hall–Kier alpha value is -2.54. The van der Waals surface area contributed by atoms with Crippen LogP contribution in [-0.4, -0.2) is 40.4 Å². The van der Waals surface area contributed by atoms with Gasteiger partial charge in [0.2, 0.25) is 11.8 Å². The van der Waals surface area contributed by atoms with Crippen molar-refractivity contribution in [1.82, 2.24) is 14.9 Å². The molecule has 0 saturated carbocycles. The van der Waals surface area contributed by atoms with Crippen molar-refractivity contribution >= 4 is 5.91 Å². The van der Waals surface area contributed by atoms with Crippen molar-refractivity contribution in [3.05, 3.63) is 48.2 Å². The van der Waals surface area contributed by atoms with Crippen LogP contribution < -0.4 is 10.5 Å². The maximum Gasteiger partial charge on any atom is 0.241 e. The van der Waals surface area contributed by atoms with Gasteiger partial charge in [-0.1, -0.05) is 12.1 Å². The number of carbonyl (C=O) groups excluding carboxylic acids is 1. The highest BCUT2D eigenvalue weighted by Gasteiger charge is 2.28. The van der Waals surface area contributed by atoms with Gasteiger partial charge in [-0.2, -0.15) is 0 Å². The second-order valence-electron chi connectivity index (χ2n) is 5.66. The molecule has 2 aromatic rings. The number of carbonyl (C=O) groups is 1. The van der Waals surface area contributed by atoms with Crippen molar-refractivity contribution in [3.8, 4) is 11.6 Å². The summed E-state index contributed by atoms with van der Waals surface area (Å²) in [5.41, 5.74) is 6.08. The molecule has 1 aliphatic rings. The molecular formula is C17H19FN4O2. The Morgan fingerprint density at radius 1 is 1.33 bits per heavy atom. The molecule has 6 nitrogen and oxygen atoms in total. The Bertz CT molecular complexity index is 725. The van der Waals surface area contributed by atoms with Crippen LogP contribution in [0.2, 0.25) is 0 Å². The first-order valence-electron chi connectivity index (χ1n) is 7.90. The Kier molecular flexibility index (Phi) is 5.00. The van der Waals surface area contributed by atoms with E-state index in [4.69, 9.17) is 10.5 Å². The van der Waals surface area contributed by atoms with Crippen LogP contribution in [0, 0.1) is 5.82 Å². The third kappa shape index (κ3) is 3.51. The summed E-state index contributed by atoms with van der Waals surface area (Å²) in [4.78, 5) is 22.1. The topological polar surface area (TPSA) is 81.3 Å². The highest BCUT2D eigenvalue weighted by molar-refractivity contribution is 5.78. The Morgan fingerprint density at radius 2 is 2.12 bits per heavy atom. The van der Waals surface area contributed by atoms with E-state index in [1.807, 2.05) is 0 Å². The number of nitrogens with zero attached hydrogens (tertiary/aromatic N) is 3. The number of aromatic nitrogens is 2. The number of para-hydroxylation sites is 1. The average molecular weight is 330 g/mol. The number of amides is 1. The van der Waals surface area contributed by atoms with Gasteiger partial charge in [0.25, 0.3) is 0 Å². The zero-order valence-corrected chi connectivity index (χ0v) is 13.2. The van der Waals surface area contributed by atoms with Crippen LogP contribution in [-0.2, 0) is 4.79 Å². The summed E-state index contributed by atoms with van der Waals surface area (Å²) in [6.07, 6.45) is 4.80. The predicted octanol–water partition coefficient (Wildman–Crippen LogP) is 2.07. The van der Waals surface area contributed by atoms with E-state index in [1.165, 1.54) is 12.3 Å². The maximum atomic E-state index is 13.8. The van der Waals surface area contributed by atoms with Crippen LogP contribution in [0.5, 0.6) is 11.6 Å². The van der Waals surface area contributed by atoms with Gasteiger partial charge in [-0.15, -0.1) is 0 Å². The molecule has 1 unspecified atom stereocenters. The molecule has 1 fully saturated rings. The van der Waals surface area contributed by atoms with Gasteiger partial charge in [-0.05, 0) is 25.0 Å². The number of likely N-dealkylation sites (tertiary alicyclic amines) is 1. The smallest absolute Gasteiger partial charge is 0.241 e. The molecule has 1 aromatic heterocycles. The van der Waals surface area contributed by atoms with E-state index in [-0.39, 0.29) is 30.0 Å². The van der Waals surface area contributed by atoms with Gasteiger partial charge in [0.15, 0.2) is 11.6 Å². The molecule has 0 bridgehead atoms. The first-order chi connectivity index (χ1) is 11.7. The van der Waals surface area contributed by atoms with Crippen LogP contribution in [0.1, 0.15) is 24.5 Å². The molecule has 126 valence electrons.